The molecule has 0 aromatic heterocycles. The highest BCUT2D eigenvalue weighted by Gasteiger charge is 2.40. The molecular weight excluding hydrogens is 150 g/mol. The van der Waals surface area contributed by atoms with Crippen molar-refractivity contribution < 1.29 is 5.06 Å². The van der Waals surface area contributed by atoms with Gasteiger partial charge in [0.25, 0.3) is 0 Å². The van der Waals surface area contributed by atoms with Crippen LogP contribution in [0.5, 0.6) is 0 Å². The average molecular weight is 169 g/mol. The fraction of sp³-hybridized carbons (Fsp3) is 1.00. The van der Waals surface area contributed by atoms with Crippen molar-refractivity contribution in [1.29, 1.82) is 0 Å². The van der Waals surface area contributed by atoms with Gasteiger partial charge in [-0.2, -0.15) is 0 Å². The first-order valence-corrected chi connectivity index (χ1v) is 5.21. The molecule has 0 amide bonds. The van der Waals surface area contributed by atoms with Crippen molar-refractivity contribution >= 4 is 0 Å². The van der Waals surface area contributed by atoms with Crippen molar-refractivity contribution in [2.24, 2.45) is 17.8 Å². The van der Waals surface area contributed by atoms with Crippen LogP contribution >= 0.6 is 0 Å². The van der Waals surface area contributed by atoms with E-state index in [0.717, 1.165) is 24.3 Å². The second kappa shape index (κ2) is 3.00. The minimum atomic E-state index is 0.354. The Labute approximate surface area is 74.5 Å². The summed E-state index contributed by atoms with van der Waals surface area (Å²) >= 11 is 0. The topological polar surface area (TPSA) is 27.5 Å². The Kier molecular flexibility index (Phi) is 2.13. The van der Waals surface area contributed by atoms with Gasteiger partial charge >= 0.3 is 0 Å². The lowest BCUT2D eigenvalue weighted by Crippen LogP contribution is -3.12. The first-order chi connectivity index (χ1) is 5.68. The van der Waals surface area contributed by atoms with Crippen molar-refractivity contribution in [1.82, 2.24) is 0 Å². The largest absolute Gasteiger partial charge is 0.634 e. The molecule has 1 N–H and O–H groups in total. The van der Waals surface area contributed by atoms with Crippen molar-refractivity contribution in [2.75, 3.05) is 6.54 Å². The summed E-state index contributed by atoms with van der Waals surface area (Å²) in [5.74, 6) is 2.51. The van der Waals surface area contributed by atoms with Crippen LogP contribution in [0, 0.1) is 23.0 Å². The van der Waals surface area contributed by atoms with Crippen LogP contribution in [0.3, 0.4) is 0 Å². The molecule has 1 aliphatic carbocycles. The highest BCUT2D eigenvalue weighted by molar-refractivity contribution is 4.85. The highest BCUT2D eigenvalue weighted by Crippen LogP contribution is 2.40. The summed E-state index contributed by atoms with van der Waals surface area (Å²) in [5, 5.41) is 12.0. The Bertz CT molecular complexity index is 171. The highest BCUT2D eigenvalue weighted by atomic mass is 16.5. The zero-order chi connectivity index (χ0) is 8.72. The van der Waals surface area contributed by atoms with Crippen molar-refractivity contribution in [3.05, 3.63) is 5.21 Å². The predicted octanol–water partition coefficient (Wildman–Crippen LogP) is 0.824. The van der Waals surface area contributed by atoms with E-state index >= 15 is 0 Å². The van der Waals surface area contributed by atoms with Crippen LogP contribution in [0.25, 0.3) is 0 Å². The van der Waals surface area contributed by atoms with E-state index in [4.69, 9.17) is 0 Å². The third-order valence-corrected chi connectivity index (χ3v) is 3.97. The maximum Gasteiger partial charge on any atom is 0.0846 e. The standard InChI is InChI=1S/C10H19NO/c1-7-3-4-9-6-11(12)8(2)5-10(7)9/h7-11H,3-6H2,1-2H3. The number of nitrogens with one attached hydrogen (secondary N) is 1. The number of hydrogen-bond donors (Lipinski definition) is 1. The molecule has 0 spiro atoms. The molecule has 2 rings (SSSR count). The third kappa shape index (κ3) is 1.27. The minimum Gasteiger partial charge on any atom is -0.634 e. The quantitative estimate of drug-likeness (QED) is 0.534. The van der Waals surface area contributed by atoms with Crippen LogP contribution in [-0.2, 0) is 0 Å². The maximum atomic E-state index is 11.4. The summed E-state index contributed by atoms with van der Waals surface area (Å²) in [6.07, 6.45) is 3.84. The van der Waals surface area contributed by atoms with Crippen molar-refractivity contribution in [3.63, 3.8) is 0 Å². The molecule has 0 radical (unpaired) electrons. The zero-order valence-corrected chi connectivity index (χ0v) is 8.05. The van der Waals surface area contributed by atoms with Gasteiger partial charge in [-0.15, -0.1) is 0 Å². The molecule has 70 valence electrons. The summed E-state index contributed by atoms with van der Waals surface area (Å²) in [5.41, 5.74) is 0. The monoisotopic (exact) mass is 169 g/mol. The van der Waals surface area contributed by atoms with Gasteiger partial charge in [-0.3, -0.25) is 0 Å². The van der Waals surface area contributed by atoms with E-state index in [1.807, 2.05) is 0 Å². The third-order valence-electron chi connectivity index (χ3n) is 3.97. The van der Waals surface area contributed by atoms with E-state index in [1.165, 1.54) is 19.3 Å². The molecule has 2 aliphatic rings. The Morgan fingerprint density at radius 2 is 2.00 bits per heavy atom. The second-order valence-corrected chi connectivity index (χ2v) is 4.79. The molecule has 12 heavy (non-hydrogen) atoms. The first kappa shape index (κ1) is 8.52. The van der Waals surface area contributed by atoms with Crippen LogP contribution in [0.15, 0.2) is 0 Å². The van der Waals surface area contributed by atoms with Gasteiger partial charge < -0.3 is 10.3 Å². The van der Waals surface area contributed by atoms with Gasteiger partial charge in [0.15, 0.2) is 0 Å². The average Bonchev–Trinajstić information content (AvgIpc) is 2.35. The lowest BCUT2D eigenvalue weighted by molar-refractivity contribution is -0.884. The molecular formula is C10H19NO. The molecule has 1 saturated carbocycles. The van der Waals surface area contributed by atoms with E-state index in [9.17, 15) is 5.21 Å². The van der Waals surface area contributed by atoms with E-state index in [-0.39, 0.29) is 0 Å². The molecule has 2 fully saturated rings. The van der Waals surface area contributed by atoms with E-state index in [1.54, 1.807) is 0 Å². The van der Waals surface area contributed by atoms with E-state index in [0.29, 0.717) is 11.1 Å². The van der Waals surface area contributed by atoms with Crippen molar-refractivity contribution in [3.8, 4) is 0 Å². The van der Waals surface area contributed by atoms with Gasteiger partial charge in [-0.25, -0.2) is 0 Å². The van der Waals surface area contributed by atoms with Crippen LogP contribution in [0.2, 0.25) is 0 Å². The van der Waals surface area contributed by atoms with Crippen LogP contribution < -0.4 is 5.06 Å². The van der Waals surface area contributed by atoms with Gasteiger partial charge in [0.2, 0.25) is 0 Å². The summed E-state index contributed by atoms with van der Waals surface area (Å²) in [7, 11) is 0. The number of quaternary nitrogens is 1. The molecule has 5 unspecified atom stereocenters. The summed E-state index contributed by atoms with van der Waals surface area (Å²) < 4.78 is 0. The zero-order valence-electron chi connectivity index (χ0n) is 8.05. The fourth-order valence-corrected chi connectivity index (χ4v) is 3.05. The first-order valence-electron chi connectivity index (χ1n) is 5.21. The van der Waals surface area contributed by atoms with Crippen LogP contribution in [0.1, 0.15) is 33.1 Å². The number of hydroxylamine groups is 2. The molecule has 5 atom stereocenters. The Hall–Kier alpha value is -0.0800. The molecule has 1 saturated heterocycles. The Balaban J connectivity index is 2.04. The fourth-order valence-electron chi connectivity index (χ4n) is 3.05. The van der Waals surface area contributed by atoms with Gasteiger partial charge in [-0.1, -0.05) is 6.92 Å². The number of rotatable bonds is 0. The Morgan fingerprint density at radius 1 is 1.25 bits per heavy atom. The summed E-state index contributed by atoms with van der Waals surface area (Å²) in [6.45, 7) is 5.34. The van der Waals surface area contributed by atoms with Gasteiger partial charge in [0.1, 0.15) is 0 Å². The smallest absolute Gasteiger partial charge is 0.0846 e. The minimum absolute atomic E-state index is 0.354. The number of hydrogen-bond acceptors (Lipinski definition) is 1. The van der Waals surface area contributed by atoms with Gasteiger partial charge in [0, 0.05) is 12.3 Å². The van der Waals surface area contributed by atoms with Gasteiger partial charge in [0.05, 0.1) is 12.6 Å². The second-order valence-electron chi connectivity index (χ2n) is 4.79. The molecule has 0 aromatic rings. The molecule has 0 aromatic carbocycles. The van der Waals surface area contributed by atoms with Crippen LogP contribution in [-0.4, -0.2) is 12.6 Å². The van der Waals surface area contributed by atoms with Crippen LogP contribution in [0.4, 0.5) is 0 Å². The molecule has 2 heteroatoms. The van der Waals surface area contributed by atoms with E-state index < -0.39 is 0 Å². The van der Waals surface area contributed by atoms with Gasteiger partial charge in [-0.05, 0) is 31.6 Å². The number of piperidine rings is 1. The summed E-state index contributed by atoms with van der Waals surface area (Å²) in [6, 6.07) is 0.354. The molecule has 2 nitrogen and oxygen atoms in total. The number of fused-ring (bicyclic) bond motifs is 1. The normalized spacial score (nSPS) is 53.8. The SMILES string of the molecule is CC1CCC2C[NH+]([O-])C(C)CC12. The lowest BCUT2D eigenvalue weighted by Gasteiger charge is -2.40. The molecule has 0 bridgehead atoms. The summed E-state index contributed by atoms with van der Waals surface area (Å²) in [4.78, 5) is 0. The lowest BCUT2D eigenvalue weighted by atomic mass is 9.82. The van der Waals surface area contributed by atoms with E-state index in [2.05, 4.69) is 13.8 Å². The molecule has 1 heterocycles. The Morgan fingerprint density at radius 3 is 2.75 bits per heavy atom. The maximum absolute atomic E-state index is 11.4. The predicted molar refractivity (Wildman–Crippen MR) is 48.7 cm³/mol. The molecule has 1 aliphatic heterocycles. The van der Waals surface area contributed by atoms with Crippen molar-refractivity contribution in [2.45, 2.75) is 39.2 Å².